The van der Waals surface area contributed by atoms with E-state index in [4.69, 9.17) is 18.9 Å². The summed E-state index contributed by atoms with van der Waals surface area (Å²) in [6, 6.07) is 55.8. The van der Waals surface area contributed by atoms with E-state index in [9.17, 15) is 0 Å². The van der Waals surface area contributed by atoms with Crippen LogP contribution in [-0.4, -0.2) is 39.6 Å². The van der Waals surface area contributed by atoms with Gasteiger partial charge < -0.3 is 0 Å². The SMILES string of the molecule is CC.CCOC(C)Oc1ccc([Te](Br)(Br)c2ccc(OC(C)OCC)c(-c3ccccc3)c2)cc1-c1ccccc1.Cc1ccccc1.c1ccccc1. The van der Waals surface area contributed by atoms with E-state index in [-0.39, 0.29) is 12.6 Å². The first-order valence-corrected chi connectivity index (χ1v) is 31.2. The molecule has 6 aromatic rings. The van der Waals surface area contributed by atoms with Crippen LogP contribution in [0.15, 0.2) is 164 Å². The summed E-state index contributed by atoms with van der Waals surface area (Å²) in [6.07, 6.45) is -0.689. The van der Waals surface area contributed by atoms with Crippen molar-refractivity contribution in [1.29, 1.82) is 0 Å². The molecule has 6 rings (SSSR count). The molecule has 0 aromatic heterocycles. The fourth-order valence-corrected chi connectivity index (χ4v) is 14.2. The van der Waals surface area contributed by atoms with E-state index in [0.717, 1.165) is 33.8 Å². The summed E-state index contributed by atoms with van der Waals surface area (Å²) in [7, 11) is 0. The van der Waals surface area contributed by atoms with Crippen molar-refractivity contribution < 1.29 is 18.9 Å². The molecule has 2 unspecified atom stereocenters. The molecule has 0 aliphatic heterocycles. The van der Waals surface area contributed by atoms with Gasteiger partial charge in [-0.2, -0.15) is 0 Å². The molecule has 286 valence electrons. The quantitative estimate of drug-likeness (QED) is 0.0905. The largest absolute Gasteiger partial charge is 0.0623 e. The Morgan fingerprint density at radius 2 is 0.796 bits per heavy atom. The predicted molar refractivity (Wildman–Crippen MR) is 239 cm³/mol. The van der Waals surface area contributed by atoms with Crippen molar-refractivity contribution in [2.75, 3.05) is 13.2 Å². The summed E-state index contributed by atoms with van der Waals surface area (Å²) in [4.78, 5) is 0. The number of ether oxygens (including phenoxy) is 4. The Morgan fingerprint density at radius 3 is 1.09 bits per heavy atom. The maximum atomic E-state index is 6.20. The number of benzene rings is 6. The summed E-state index contributed by atoms with van der Waals surface area (Å²) < 4.78 is 26.2. The Hall–Kier alpha value is -3.41. The summed E-state index contributed by atoms with van der Waals surface area (Å²) in [5.41, 5.74) is 5.57. The van der Waals surface area contributed by atoms with Gasteiger partial charge in [0, 0.05) is 0 Å². The minimum Gasteiger partial charge on any atom is -0.0623 e. The molecule has 0 saturated carbocycles. The van der Waals surface area contributed by atoms with Crippen LogP contribution in [0.2, 0.25) is 0 Å². The third kappa shape index (κ3) is 14.7. The van der Waals surface area contributed by atoms with Crippen LogP contribution in [0.3, 0.4) is 0 Å². The normalized spacial score (nSPS) is 11.9. The molecular weight excluding hydrogens is 916 g/mol. The van der Waals surface area contributed by atoms with Crippen molar-refractivity contribution in [3.63, 3.8) is 0 Å². The molecule has 2 atom stereocenters. The predicted octanol–water partition coefficient (Wildman–Crippen LogP) is 12.6. The van der Waals surface area contributed by atoms with Crippen molar-refractivity contribution in [3.8, 4) is 33.8 Å². The van der Waals surface area contributed by atoms with Gasteiger partial charge in [0.1, 0.15) is 0 Å². The average Bonchev–Trinajstić information content (AvgIpc) is 3.21. The molecule has 4 nitrogen and oxygen atoms in total. The zero-order valence-corrected chi connectivity index (χ0v) is 38.0. The standard InChI is InChI=1S/C32H34Br2O4Te.C7H8.C6H6.C2H6/c1-5-35-23(3)37-31-19-17-27(21-29(31)25-13-9-7-10-14-25)39(33,34)28-18-20-32(38-24(4)36-6-2)30(22-28)26-15-11-8-12-16-26;1-7-5-3-2-4-6-7;1-2-4-6-5-3-1;1-2/h7-24H,5-6H2,1-4H3;2-6H,1H3;1-6H;1-2H3. The van der Waals surface area contributed by atoms with Gasteiger partial charge in [-0.05, 0) is 6.92 Å². The Bertz CT molecular complexity index is 1750. The second-order valence-corrected chi connectivity index (χ2v) is 35.8. The first kappa shape index (κ1) is 45.0. The van der Waals surface area contributed by atoms with Crippen LogP contribution in [0.4, 0.5) is 0 Å². The molecule has 0 bridgehead atoms. The molecule has 7 heteroatoms. The number of rotatable bonds is 12. The summed E-state index contributed by atoms with van der Waals surface area (Å²) in [5.74, 6) is 1.59. The van der Waals surface area contributed by atoms with Gasteiger partial charge in [0.05, 0.1) is 0 Å². The van der Waals surface area contributed by atoms with E-state index in [0.29, 0.717) is 13.2 Å². The summed E-state index contributed by atoms with van der Waals surface area (Å²) in [5, 5.41) is 0. The number of aryl methyl sites for hydroxylation is 1. The first-order chi connectivity index (χ1) is 26.2. The van der Waals surface area contributed by atoms with E-state index < -0.39 is 13.8 Å². The second-order valence-electron chi connectivity index (χ2n) is 11.6. The van der Waals surface area contributed by atoms with Crippen molar-refractivity contribution in [1.82, 2.24) is 0 Å². The minimum absolute atomic E-state index is 0.345. The maximum Gasteiger partial charge on any atom is -0.0398 e. The number of hydrogen-bond donors (Lipinski definition) is 0. The van der Waals surface area contributed by atoms with Gasteiger partial charge in [0.25, 0.3) is 0 Å². The van der Waals surface area contributed by atoms with Crippen LogP contribution in [-0.2, 0) is 9.47 Å². The van der Waals surface area contributed by atoms with Gasteiger partial charge >= 0.3 is 250 Å². The van der Waals surface area contributed by atoms with Crippen LogP contribution in [0.5, 0.6) is 11.5 Å². The van der Waals surface area contributed by atoms with E-state index >= 15 is 0 Å². The molecule has 0 radical (unpaired) electrons. The van der Waals surface area contributed by atoms with E-state index in [1.54, 1.807) is 0 Å². The molecule has 0 spiro atoms. The first-order valence-electron chi connectivity index (χ1n) is 18.4. The van der Waals surface area contributed by atoms with Crippen molar-refractivity contribution >= 4 is 46.5 Å². The van der Waals surface area contributed by atoms with Crippen LogP contribution in [0.1, 0.15) is 47.1 Å². The fraction of sp³-hybridized carbons (Fsp3) is 0.234. The molecule has 0 aliphatic rings. The fourth-order valence-electron chi connectivity index (χ4n) is 5.18. The number of hydrogen-bond acceptors (Lipinski definition) is 4. The van der Waals surface area contributed by atoms with Crippen LogP contribution in [0.25, 0.3) is 22.3 Å². The van der Waals surface area contributed by atoms with E-state index in [2.05, 4.69) is 105 Å². The molecule has 0 N–H and O–H groups in total. The van der Waals surface area contributed by atoms with Crippen molar-refractivity contribution in [3.05, 3.63) is 169 Å². The van der Waals surface area contributed by atoms with Crippen LogP contribution < -0.4 is 16.7 Å². The zero-order chi connectivity index (χ0) is 39.2. The molecule has 0 fully saturated rings. The molecule has 0 amide bonds. The van der Waals surface area contributed by atoms with Gasteiger partial charge in [0.2, 0.25) is 0 Å². The maximum absolute atomic E-state index is 6.20. The number of halogens is 2. The Balaban J connectivity index is 0.000000433. The molecule has 6 aromatic carbocycles. The molecule has 0 saturated heterocycles. The smallest absolute Gasteiger partial charge is 0.0398 e. The summed E-state index contributed by atoms with van der Waals surface area (Å²) >= 11 is 5.22. The van der Waals surface area contributed by atoms with E-state index in [1.165, 1.54) is 12.8 Å². The van der Waals surface area contributed by atoms with Gasteiger partial charge in [-0.15, -0.1) is 0 Å². The topological polar surface area (TPSA) is 36.9 Å². The van der Waals surface area contributed by atoms with Crippen LogP contribution in [0, 0.1) is 6.92 Å². The Kier molecular flexibility index (Phi) is 20.7. The van der Waals surface area contributed by atoms with E-state index in [1.807, 2.05) is 133 Å². The van der Waals surface area contributed by atoms with Crippen molar-refractivity contribution in [2.45, 2.75) is 61.0 Å². The van der Waals surface area contributed by atoms with Gasteiger partial charge in [-0.3, -0.25) is 0 Å². The molecule has 54 heavy (non-hydrogen) atoms. The van der Waals surface area contributed by atoms with Gasteiger partial charge in [-0.1, -0.05) is 86.1 Å². The monoisotopic (exact) mass is 970 g/mol. The van der Waals surface area contributed by atoms with Crippen molar-refractivity contribution in [2.24, 2.45) is 0 Å². The summed E-state index contributed by atoms with van der Waals surface area (Å²) in [6.45, 7) is 15.0. The molecule has 0 heterocycles. The zero-order valence-electron chi connectivity index (χ0n) is 32.5. The van der Waals surface area contributed by atoms with Gasteiger partial charge in [0.15, 0.2) is 0 Å². The molecule has 0 aliphatic carbocycles. The van der Waals surface area contributed by atoms with Gasteiger partial charge in [-0.25, -0.2) is 0 Å². The third-order valence-electron chi connectivity index (χ3n) is 7.66. The molecular formula is C47H54Br2O4Te. The second kappa shape index (κ2) is 24.9. The Labute approximate surface area is 340 Å². The average molecular weight is 970 g/mol. The third-order valence-corrected chi connectivity index (χ3v) is 22.5. The Morgan fingerprint density at radius 1 is 0.481 bits per heavy atom. The van der Waals surface area contributed by atoms with Crippen LogP contribution >= 0.6 is 25.5 Å². The minimum atomic E-state index is -3.16.